The normalized spacial score (nSPS) is 18.6. The molecule has 0 aromatic heterocycles. The molecule has 2 aliphatic heterocycles. The van der Waals surface area contributed by atoms with Crippen molar-refractivity contribution in [1.29, 1.82) is 0 Å². The number of fused-ring (bicyclic) bond motifs is 2. The SMILES string of the molecule is COc1cc(CN(C(=O)C2=C(c3ccc(CCCOc4c(F)ccc(F)c4F)cc3)C[C@@H]3CN(C(=O)C[C@H](O)CC(=O)O)C[C@H]2N3)C2CC2)cc(OC)c1. The number of benzene rings is 3. The maximum atomic E-state index is 14.8. The Morgan fingerprint density at radius 3 is 2.26 bits per heavy atom. The first-order chi connectivity index (χ1) is 25.9. The Bertz CT molecular complexity index is 1880. The molecule has 3 aromatic carbocycles. The summed E-state index contributed by atoms with van der Waals surface area (Å²) in [6, 6.07) is 14.0. The summed E-state index contributed by atoms with van der Waals surface area (Å²) < 4.78 is 57.7. The van der Waals surface area contributed by atoms with E-state index in [1.165, 1.54) is 0 Å². The number of methoxy groups -OCH3 is 2. The lowest BCUT2D eigenvalue weighted by Crippen LogP contribution is -2.62. The number of amides is 2. The van der Waals surface area contributed by atoms with E-state index in [4.69, 9.17) is 19.3 Å². The van der Waals surface area contributed by atoms with E-state index in [0.29, 0.717) is 55.5 Å². The summed E-state index contributed by atoms with van der Waals surface area (Å²) in [6.45, 7) is 0.755. The Balaban J connectivity index is 1.25. The highest BCUT2D eigenvalue weighted by Gasteiger charge is 2.43. The van der Waals surface area contributed by atoms with Crippen LogP contribution in [0.5, 0.6) is 17.2 Å². The highest BCUT2D eigenvalue weighted by Crippen LogP contribution is 2.38. The van der Waals surface area contributed by atoms with Gasteiger partial charge in [-0.05, 0) is 78.6 Å². The minimum Gasteiger partial charge on any atom is -0.497 e. The fourth-order valence-corrected chi connectivity index (χ4v) is 7.20. The smallest absolute Gasteiger partial charge is 0.305 e. The van der Waals surface area contributed by atoms with E-state index < -0.39 is 47.7 Å². The van der Waals surface area contributed by atoms with E-state index in [9.17, 15) is 32.7 Å². The molecule has 11 nitrogen and oxygen atoms in total. The Labute approximate surface area is 311 Å². The molecule has 2 bridgehead atoms. The molecule has 0 spiro atoms. The summed E-state index contributed by atoms with van der Waals surface area (Å²) in [5.74, 6) is -4.82. The third-order valence-electron chi connectivity index (χ3n) is 9.98. The van der Waals surface area contributed by atoms with Gasteiger partial charge in [-0.15, -0.1) is 0 Å². The van der Waals surface area contributed by atoms with Crippen LogP contribution in [0.2, 0.25) is 0 Å². The molecule has 2 amide bonds. The fourth-order valence-electron chi connectivity index (χ4n) is 7.20. The van der Waals surface area contributed by atoms with Crippen LogP contribution < -0.4 is 19.5 Å². The quantitative estimate of drug-likeness (QED) is 0.138. The molecule has 3 N–H and O–H groups in total. The third kappa shape index (κ3) is 9.16. The first-order valence-electron chi connectivity index (χ1n) is 18.0. The highest BCUT2D eigenvalue weighted by molar-refractivity contribution is 6.03. The summed E-state index contributed by atoms with van der Waals surface area (Å²) in [5.41, 5.74) is 3.99. The van der Waals surface area contributed by atoms with Crippen molar-refractivity contribution < 1.29 is 52.0 Å². The number of nitrogens with zero attached hydrogens (tertiary/aromatic N) is 2. The summed E-state index contributed by atoms with van der Waals surface area (Å²) in [4.78, 5) is 42.7. The molecule has 1 saturated heterocycles. The summed E-state index contributed by atoms with van der Waals surface area (Å²) in [7, 11) is 3.13. The molecule has 3 aromatic rings. The monoisotopic (exact) mass is 751 g/mol. The average molecular weight is 752 g/mol. The number of hydrogen-bond acceptors (Lipinski definition) is 8. The van der Waals surface area contributed by atoms with E-state index in [2.05, 4.69) is 5.32 Å². The molecule has 1 aliphatic carbocycles. The first kappa shape index (κ1) is 38.6. The van der Waals surface area contributed by atoms with E-state index in [1.807, 2.05) is 41.3 Å². The largest absolute Gasteiger partial charge is 0.497 e. The number of aliphatic hydroxyl groups is 1. The van der Waals surface area contributed by atoms with Crippen LogP contribution in [0.1, 0.15) is 55.2 Å². The van der Waals surface area contributed by atoms with Gasteiger partial charge in [0.2, 0.25) is 11.7 Å². The summed E-state index contributed by atoms with van der Waals surface area (Å²) >= 11 is 0. The van der Waals surface area contributed by atoms with Crippen LogP contribution in [0, 0.1) is 17.5 Å². The number of ether oxygens (including phenoxy) is 3. The van der Waals surface area contributed by atoms with Gasteiger partial charge in [-0.2, -0.15) is 4.39 Å². The lowest BCUT2D eigenvalue weighted by Gasteiger charge is -2.45. The number of carboxylic acid groups (broad SMARTS) is 1. The maximum absolute atomic E-state index is 14.8. The number of aliphatic hydroxyl groups excluding tert-OH is 1. The van der Waals surface area contributed by atoms with Gasteiger partial charge in [0.05, 0.1) is 45.8 Å². The Hall–Kier alpha value is -5.08. The molecule has 0 radical (unpaired) electrons. The van der Waals surface area contributed by atoms with Gasteiger partial charge >= 0.3 is 5.97 Å². The zero-order valence-electron chi connectivity index (χ0n) is 30.2. The topological polar surface area (TPSA) is 138 Å². The molecule has 288 valence electrons. The number of nitrogens with one attached hydrogen (secondary N) is 1. The van der Waals surface area contributed by atoms with Crippen LogP contribution in [0.15, 0.2) is 60.2 Å². The molecule has 2 heterocycles. The molecular formula is C40H44F3N3O8. The number of halogens is 3. The number of carbonyl (C=O) groups excluding carboxylic acids is 2. The van der Waals surface area contributed by atoms with Crippen LogP contribution in [-0.2, 0) is 27.3 Å². The van der Waals surface area contributed by atoms with Crippen molar-refractivity contribution in [3.8, 4) is 17.2 Å². The molecule has 6 rings (SSSR count). The number of aliphatic carboxylic acids is 1. The molecule has 3 aliphatic rings. The minimum atomic E-state index is -1.36. The van der Waals surface area contributed by atoms with Gasteiger partial charge < -0.3 is 39.5 Å². The molecule has 1 saturated carbocycles. The summed E-state index contributed by atoms with van der Waals surface area (Å²) in [6.07, 6.45) is 0.844. The number of aryl methyl sites for hydroxylation is 1. The number of piperazine rings is 1. The number of carboxylic acids is 1. The van der Waals surface area contributed by atoms with Crippen molar-refractivity contribution in [2.45, 2.75) is 75.7 Å². The lowest BCUT2D eigenvalue weighted by atomic mass is 9.82. The second-order valence-corrected chi connectivity index (χ2v) is 14.0. The van der Waals surface area contributed by atoms with Gasteiger partial charge in [-0.3, -0.25) is 14.4 Å². The molecule has 0 unspecified atom stereocenters. The molecule has 14 heteroatoms. The summed E-state index contributed by atoms with van der Waals surface area (Å²) in [5, 5.41) is 22.8. The van der Waals surface area contributed by atoms with Gasteiger partial charge in [-0.25, -0.2) is 8.78 Å². The number of rotatable bonds is 16. The van der Waals surface area contributed by atoms with Crippen LogP contribution >= 0.6 is 0 Å². The van der Waals surface area contributed by atoms with Crippen molar-refractivity contribution in [1.82, 2.24) is 15.1 Å². The van der Waals surface area contributed by atoms with Gasteiger partial charge in [0.1, 0.15) is 11.5 Å². The highest BCUT2D eigenvalue weighted by atomic mass is 19.2. The molecule has 2 fully saturated rings. The van der Waals surface area contributed by atoms with Crippen LogP contribution in [0.4, 0.5) is 13.2 Å². The van der Waals surface area contributed by atoms with Gasteiger partial charge in [0.25, 0.3) is 5.91 Å². The van der Waals surface area contributed by atoms with Crippen molar-refractivity contribution >= 4 is 23.4 Å². The van der Waals surface area contributed by atoms with Crippen molar-refractivity contribution in [3.63, 3.8) is 0 Å². The molecule has 54 heavy (non-hydrogen) atoms. The van der Waals surface area contributed by atoms with Gasteiger partial charge in [0.15, 0.2) is 17.4 Å². The van der Waals surface area contributed by atoms with Gasteiger partial charge in [-0.1, -0.05) is 24.3 Å². The lowest BCUT2D eigenvalue weighted by molar-refractivity contribution is -0.141. The third-order valence-corrected chi connectivity index (χ3v) is 9.98. The van der Waals surface area contributed by atoms with Gasteiger partial charge in [0, 0.05) is 43.4 Å². The van der Waals surface area contributed by atoms with E-state index >= 15 is 0 Å². The molecular weight excluding hydrogens is 707 g/mol. The number of carbonyl (C=O) groups is 3. The van der Waals surface area contributed by atoms with Crippen LogP contribution in [0.25, 0.3) is 5.57 Å². The maximum Gasteiger partial charge on any atom is 0.305 e. The average Bonchev–Trinajstić information content (AvgIpc) is 4.00. The fraction of sp³-hybridized carbons (Fsp3) is 0.425. The standard InChI is InChI=1S/C40H44F3N3O8/c1-52-29-14-24(15-30(19-29)53-2)20-46(27-9-10-27)40(51)37-31(16-26-21-45(22-34(37)44-26)35(48)17-28(47)18-36(49)50)25-7-5-23(6-8-25)4-3-13-54-39-33(42)12-11-32(41)38(39)43/h5-8,11-12,14-15,19,26-28,34,44,47H,3-4,9-10,13,16-18,20-22H2,1-2H3,(H,49,50)/t26-,28+,34-/m1/s1. The number of hydrogen-bond donors (Lipinski definition) is 3. The van der Waals surface area contributed by atoms with Crippen molar-refractivity contribution in [2.24, 2.45) is 0 Å². The zero-order chi connectivity index (χ0) is 38.5. The van der Waals surface area contributed by atoms with Crippen LogP contribution in [-0.4, -0.2) is 95.9 Å². The van der Waals surface area contributed by atoms with Crippen molar-refractivity contribution in [2.75, 3.05) is 33.9 Å². The predicted octanol–water partition coefficient (Wildman–Crippen LogP) is 4.88. The van der Waals surface area contributed by atoms with E-state index in [1.54, 1.807) is 25.2 Å². The van der Waals surface area contributed by atoms with E-state index in [0.717, 1.165) is 41.2 Å². The van der Waals surface area contributed by atoms with Crippen molar-refractivity contribution in [3.05, 3.63) is 94.3 Å². The predicted molar refractivity (Wildman–Crippen MR) is 191 cm³/mol. The Morgan fingerprint density at radius 2 is 1.61 bits per heavy atom. The molecule has 3 atom stereocenters. The second kappa shape index (κ2) is 16.9. The first-order valence-corrected chi connectivity index (χ1v) is 18.0. The Kier molecular flexibility index (Phi) is 12.1. The minimum absolute atomic E-state index is 0.0209. The zero-order valence-corrected chi connectivity index (χ0v) is 30.2. The van der Waals surface area contributed by atoms with Crippen LogP contribution in [0.3, 0.4) is 0 Å². The Morgan fingerprint density at radius 1 is 0.926 bits per heavy atom. The second-order valence-electron chi connectivity index (χ2n) is 14.0. The van der Waals surface area contributed by atoms with E-state index in [-0.39, 0.29) is 43.5 Å².